The largest absolute Gasteiger partial charge is 0.316 e. The van der Waals surface area contributed by atoms with Crippen molar-refractivity contribution in [3.8, 4) is 0 Å². The van der Waals surface area contributed by atoms with Gasteiger partial charge in [0.05, 0.1) is 0 Å². The van der Waals surface area contributed by atoms with E-state index in [1.165, 1.54) is 32.4 Å². The van der Waals surface area contributed by atoms with Crippen molar-refractivity contribution in [1.82, 2.24) is 5.32 Å². The molecule has 1 aliphatic heterocycles. The van der Waals surface area contributed by atoms with Gasteiger partial charge in [0.1, 0.15) is 0 Å². The molecule has 1 nitrogen and oxygen atoms in total. The van der Waals surface area contributed by atoms with E-state index in [4.69, 9.17) is 0 Å². The number of hydrogen-bond donors (Lipinski definition) is 2. The summed E-state index contributed by atoms with van der Waals surface area (Å²) >= 11 is 4.41. The molecule has 0 radical (unpaired) electrons. The third kappa shape index (κ3) is 0.887. The average Bonchev–Trinajstić information content (AvgIpc) is 2.12. The molecule has 0 amide bonds. The van der Waals surface area contributed by atoms with Gasteiger partial charge in [-0.25, -0.2) is 0 Å². The standard InChI is InChI=1S/C7H13NS/c9-6-3-7(4-6)1-2-8-5-7/h6,8-9H,1-5H2. The average molecular weight is 143 g/mol. The molecular formula is C7H13NS. The minimum Gasteiger partial charge on any atom is -0.316 e. The fraction of sp³-hybridized carbons (Fsp3) is 1.00. The van der Waals surface area contributed by atoms with E-state index in [1.807, 2.05) is 0 Å². The molecule has 0 aromatic carbocycles. The van der Waals surface area contributed by atoms with Gasteiger partial charge >= 0.3 is 0 Å². The lowest BCUT2D eigenvalue weighted by atomic mass is 9.68. The Kier molecular flexibility index (Phi) is 1.27. The van der Waals surface area contributed by atoms with Gasteiger partial charge in [0.2, 0.25) is 0 Å². The maximum absolute atomic E-state index is 4.41. The predicted octanol–water partition coefficient (Wildman–Crippen LogP) is 1.06. The summed E-state index contributed by atoms with van der Waals surface area (Å²) in [6.07, 6.45) is 4.09. The van der Waals surface area contributed by atoms with E-state index in [1.54, 1.807) is 0 Å². The molecular weight excluding hydrogens is 130 g/mol. The fourth-order valence-corrected chi connectivity index (χ4v) is 2.86. The molecule has 0 atom stereocenters. The van der Waals surface area contributed by atoms with Gasteiger partial charge < -0.3 is 5.32 Å². The van der Waals surface area contributed by atoms with Crippen LogP contribution in [0.1, 0.15) is 19.3 Å². The van der Waals surface area contributed by atoms with Crippen molar-refractivity contribution in [2.45, 2.75) is 24.5 Å². The van der Waals surface area contributed by atoms with E-state index in [0.29, 0.717) is 10.7 Å². The third-order valence-corrected chi connectivity index (χ3v) is 3.03. The summed E-state index contributed by atoms with van der Waals surface area (Å²) in [4.78, 5) is 0. The number of thiol groups is 1. The second-order valence-corrected chi connectivity index (χ2v) is 4.22. The Bertz CT molecular complexity index is 110. The zero-order chi connectivity index (χ0) is 6.32. The Morgan fingerprint density at radius 3 is 2.67 bits per heavy atom. The lowest BCUT2D eigenvalue weighted by molar-refractivity contribution is 0.174. The van der Waals surface area contributed by atoms with Crippen LogP contribution in [-0.4, -0.2) is 18.3 Å². The first-order chi connectivity index (χ1) is 4.31. The summed E-state index contributed by atoms with van der Waals surface area (Å²) < 4.78 is 0. The molecule has 2 aliphatic rings. The van der Waals surface area contributed by atoms with Crippen LogP contribution in [0.5, 0.6) is 0 Å². The molecule has 1 saturated heterocycles. The van der Waals surface area contributed by atoms with Crippen LogP contribution >= 0.6 is 12.6 Å². The highest BCUT2D eigenvalue weighted by Crippen LogP contribution is 2.47. The van der Waals surface area contributed by atoms with Crippen LogP contribution in [0.25, 0.3) is 0 Å². The third-order valence-electron chi connectivity index (χ3n) is 2.67. The van der Waals surface area contributed by atoms with Gasteiger partial charge in [-0.15, -0.1) is 0 Å². The highest BCUT2D eigenvalue weighted by atomic mass is 32.1. The van der Waals surface area contributed by atoms with E-state index in [9.17, 15) is 0 Å². The maximum Gasteiger partial charge on any atom is 0.00283 e. The summed E-state index contributed by atoms with van der Waals surface area (Å²) in [6, 6.07) is 0. The minimum absolute atomic E-state index is 0.701. The van der Waals surface area contributed by atoms with Gasteiger partial charge in [0.25, 0.3) is 0 Å². The van der Waals surface area contributed by atoms with Crippen molar-refractivity contribution >= 4 is 12.6 Å². The zero-order valence-corrected chi connectivity index (χ0v) is 6.45. The van der Waals surface area contributed by atoms with Gasteiger partial charge in [-0.1, -0.05) is 0 Å². The Labute approximate surface area is 61.6 Å². The molecule has 2 rings (SSSR count). The monoisotopic (exact) mass is 143 g/mol. The van der Waals surface area contributed by atoms with Crippen molar-refractivity contribution in [2.75, 3.05) is 13.1 Å². The van der Waals surface area contributed by atoms with Crippen LogP contribution in [-0.2, 0) is 0 Å². The molecule has 0 bridgehead atoms. The van der Waals surface area contributed by atoms with E-state index in [-0.39, 0.29) is 0 Å². The molecule has 1 saturated carbocycles. The smallest absolute Gasteiger partial charge is 0.00283 e. The molecule has 2 fully saturated rings. The van der Waals surface area contributed by atoms with Gasteiger partial charge in [-0.05, 0) is 31.2 Å². The zero-order valence-electron chi connectivity index (χ0n) is 5.56. The topological polar surface area (TPSA) is 12.0 Å². The fourth-order valence-electron chi connectivity index (χ4n) is 2.08. The van der Waals surface area contributed by atoms with Crippen molar-refractivity contribution in [3.05, 3.63) is 0 Å². The second kappa shape index (κ2) is 1.89. The molecule has 1 aliphatic carbocycles. The first-order valence-corrected chi connectivity index (χ1v) is 4.21. The normalized spacial score (nSPS) is 49.7. The number of nitrogens with one attached hydrogen (secondary N) is 1. The van der Waals surface area contributed by atoms with Crippen LogP contribution in [0.15, 0.2) is 0 Å². The molecule has 2 heteroatoms. The van der Waals surface area contributed by atoms with Crippen molar-refractivity contribution in [3.63, 3.8) is 0 Å². The lowest BCUT2D eigenvalue weighted by Crippen LogP contribution is -2.39. The van der Waals surface area contributed by atoms with Gasteiger partial charge in [-0.2, -0.15) is 12.6 Å². The summed E-state index contributed by atoms with van der Waals surface area (Å²) in [5.74, 6) is 0. The summed E-state index contributed by atoms with van der Waals surface area (Å²) in [5, 5.41) is 4.11. The molecule has 52 valence electrons. The van der Waals surface area contributed by atoms with Crippen LogP contribution in [0.3, 0.4) is 0 Å². The van der Waals surface area contributed by atoms with Crippen molar-refractivity contribution in [2.24, 2.45) is 5.41 Å². The quantitative estimate of drug-likeness (QED) is 0.483. The SMILES string of the molecule is SC1CC2(CCNC2)C1. The predicted molar refractivity (Wildman–Crippen MR) is 41.9 cm³/mol. The second-order valence-electron chi connectivity index (χ2n) is 3.49. The van der Waals surface area contributed by atoms with Crippen molar-refractivity contribution < 1.29 is 0 Å². The number of rotatable bonds is 0. The number of hydrogen-bond acceptors (Lipinski definition) is 2. The minimum atomic E-state index is 0.701. The highest BCUT2D eigenvalue weighted by molar-refractivity contribution is 7.81. The van der Waals surface area contributed by atoms with E-state index in [2.05, 4.69) is 17.9 Å². The van der Waals surface area contributed by atoms with Crippen molar-refractivity contribution in [1.29, 1.82) is 0 Å². The molecule has 1 heterocycles. The molecule has 0 aromatic heterocycles. The lowest BCUT2D eigenvalue weighted by Gasteiger charge is -2.42. The van der Waals surface area contributed by atoms with Crippen LogP contribution in [0.2, 0.25) is 0 Å². The van der Waals surface area contributed by atoms with E-state index >= 15 is 0 Å². The molecule has 1 spiro atoms. The van der Waals surface area contributed by atoms with Crippen LogP contribution in [0.4, 0.5) is 0 Å². The first-order valence-electron chi connectivity index (χ1n) is 3.70. The van der Waals surface area contributed by atoms with Gasteiger partial charge in [0, 0.05) is 11.8 Å². The summed E-state index contributed by atoms with van der Waals surface area (Å²) in [6.45, 7) is 2.49. The van der Waals surface area contributed by atoms with Crippen LogP contribution < -0.4 is 5.32 Å². The highest BCUT2D eigenvalue weighted by Gasteiger charge is 2.44. The first kappa shape index (κ1) is 6.05. The maximum atomic E-state index is 4.41. The van der Waals surface area contributed by atoms with Gasteiger partial charge in [-0.3, -0.25) is 0 Å². The molecule has 0 unspecified atom stereocenters. The van der Waals surface area contributed by atoms with Gasteiger partial charge in [0.15, 0.2) is 0 Å². The summed E-state index contributed by atoms with van der Waals surface area (Å²) in [7, 11) is 0. The Balaban J connectivity index is 1.95. The molecule has 1 N–H and O–H groups in total. The summed E-state index contributed by atoms with van der Waals surface area (Å²) in [5.41, 5.74) is 0.701. The van der Waals surface area contributed by atoms with E-state index in [0.717, 1.165) is 0 Å². The molecule has 9 heavy (non-hydrogen) atoms. The Morgan fingerprint density at radius 2 is 2.22 bits per heavy atom. The Hall–Kier alpha value is 0.310. The Morgan fingerprint density at radius 1 is 1.44 bits per heavy atom. The van der Waals surface area contributed by atoms with Crippen LogP contribution in [0, 0.1) is 5.41 Å². The van der Waals surface area contributed by atoms with E-state index < -0.39 is 0 Å². The molecule has 0 aromatic rings.